The van der Waals surface area contributed by atoms with Crippen molar-refractivity contribution in [3.05, 3.63) is 12.7 Å². The van der Waals surface area contributed by atoms with Gasteiger partial charge in [-0.2, -0.15) is 13.7 Å². The standard InChI is InChI=1S/C11H16N2O5S/c1-3-6-17-11(14)13-8-10(18-19(2,15)16)7-9(13)4-5-12/h3,9-10H,1,4,6-8H2,2H3. The van der Waals surface area contributed by atoms with Gasteiger partial charge >= 0.3 is 6.09 Å². The highest BCUT2D eigenvalue weighted by Gasteiger charge is 2.38. The number of carbonyl (C=O) groups excluding carboxylic acids is 1. The maximum Gasteiger partial charge on any atom is 0.410 e. The first-order valence-corrected chi connectivity index (χ1v) is 7.48. The molecule has 0 radical (unpaired) electrons. The molecule has 2 atom stereocenters. The fourth-order valence-corrected chi connectivity index (χ4v) is 2.56. The number of amides is 1. The summed E-state index contributed by atoms with van der Waals surface area (Å²) in [6.45, 7) is 3.58. The van der Waals surface area contributed by atoms with Crippen molar-refractivity contribution >= 4 is 16.2 Å². The van der Waals surface area contributed by atoms with Crippen molar-refractivity contribution in [2.24, 2.45) is 0 Å². The van der Waals surface area contributed by atoms with Crippen LogP contribution in [0.4, 0.5) is 4.79 Å². The van der Waals surface area contributed by atoms with Gasteiger partial charge in [-0.25, -0.2) is 4.79 Å². The van der Waals surface area contributed by atoms with Gasteiger partial charge in [-0.1, -0.05) is 12.7 Å². The summed E-state index contributed by atoms with van der Waals surface area (Å²) in [7, 11) is -3.59. The maximum absolute atomic E-state index is 11.7. The fourth-order valence-electron chi connectivity index (χ4n) is 1.93. The van der Waals surface area contributed by atoms with E-state index in [1.165, 1.54) is 11.0 Å². The Morgan fingerprint density at radius 3 is 2.84 bits per heavy atom. The molecule has 7 nitrogen and oxygen atoms in total. The Balaban J connectivity index is 2.70. The van der Waals surface area contributed by atoms with Gasteiger partial charge in [0.15, 0.2) is 0 Å². The van der Waals surface area contributed by atoms with E-state index in [-0.39, 0.29) is 19.6 Å². The molecule has 1 aliphatic rings. The van der Waals surface area contributed by atoms with E-state index in [1.807, 2.05) is 6.07 Å². The Hall–Kier alpha value is -1.59. The topological polar surface area (TPSA) is 96.7 Å². The van der Waals surface area contributed by atoms with Gasteiger partial charge in [-0.05, 0) is 6.42 Å². The van der Waals surface area contributed by atoms with Gasteiger partial charge in [0, 0.05) is 0 Å². The molecule has 0 aromatic rings. The van der Waals surface area contributed by atoms with Crippen molar-refractivity contribution in [2.45, 2.75) is 25.0 Å². The average molecular weight is 288 g/mol. The molecule has 0 spiro atoms. The zero-order chi connectivity index (χ0) is 14.5. The lowest BCUT2D eigenvalue weighted by atomic mass is 10.1. The van der Waals surface area contributed by atoms with E-state index in [2.05, 4.69) is 6.58 Å². The second kappa shape index (κ2) is 6.54. The number of nitriles is 1. The average Bonchev–Trinajstić information content (AvgIpc) is 2.67. The zero-order valence-corrected chi connectivity index (χ0v) is 11.4. The maximum atomic E-state index is 11.7. The number of carbonyl (C=O) groups is 1. The molecule has 1 rings (SSSR count). The number of hydrogen-bond donors (Lipinski definition) is 0. The Morgan fingerprint density at radius 1 is 1.63 bits per heavy atom. The molecular weight excluding hydrogens is 272 g/mol. The van der Waals surface area contributed by atoms with Gasteiger partial charge in [-0.15, -0.1) is 0 Å². The number of likely N-dealkylation sites (tertiary alicyclic amines) is 1. The molecule has 0 bridgehead atoms. The highest BCUT2D eigenvalue weighted by molar-refractivity contribution is 7.86. The number of nitrogens with zero attached hydrogens (tertiary/aromatic N) is 2. The summed E-state index contributed by atoms with van der Waals surface area (Å²) < 4.78 is 31.9. The van der Waals surface area contributed by atoms with Gasteiger partial charge in [0.25, 0.3) is 10.1 Å². The largest absolute Gasteiger partial charge is 0.445 e. The van der Waals surface area contributed by atoms with Gasteiger partial charge < -0.3 is 9.64 Å². The van der Waals surface area contributed by atoms with Crippen LogP contribution in [0.25, 0.3) is 0 Å². The molecular formula is C11H16N2O5S. The Bertz CT molecular complexity index is 482. The van der Waals surface area contributed by atoms with Crippen LogP contribution < -0.4 is 0 Å². The van der Waals surface area contributed by atoms with Crippen LogP contribution >= 0.6 is 0 Å². The molecule has 2 unspecified atom stereocenters. The third-order valence-corrected chi connectivity index (χ3v) is 3.19. The lowest BCUT2D eigenvalue weighted by Crippen LogP contribution is -2.36. The monoisotopic (exact) mass is 288 g/mol. The first-order valence-electron chi connectivity index (χ1n) is 5.67. The minimum atomic E-state index is -3.59. The third-order valence-electron chi connectivity index (χ3n) is 2.57. The van der Waals surface area contributed by atoms with E-state index in [0.717, 1.165) is 6.26 Å². The zero-order valence-electron chi connectivity index (χ0n) is 10.6. The van der Waals surface area contributed by atoms with Gasteiger partial charge in [-0.3, -0.25) is 4.18 Å². The lowest BCUT2D eigenvalue weighted by Gasteiger charge is -2.21. The number of ether oxygens (including phenoxy) is 1. The third kappa shape index (κ3) is 4.89. The molecule has 8 heteroatoms. The van der Waals surface area contributed by atoms with E-state index in [1.54, 1.807) is 0 Å². The van der Waals surface area contributed by atoms with Gasteiger partial charge in [0.1, 0.15) is 6.61 Å². The van der Waals surface area contributed by atoms with Crippen molar-refractivity contribution in [2.75, 3.05) is 19.4 Å². The minimum Gasteiger partial charge on any atom is -0.445 e. The summed E-state index contributed by atoms with van der Waals surface area (Å²) in [4.78, 5) is 13.1. The second-order valence-electron chi connectivity index (χ2n) is 4.19. The van der Waals surface area contributed by atoms with Crippen LogP contribution in [0.15, 0.2) is 12.7 Å². The van der Waals surface area contributed by atoms with Crippen LogP contribution in [-0.4, -0.2) is 51.0 Å². The molecule has 0 N–H and O–H groups in total. The summed E-state index contributed by atoms with van der Waals surface area (Å²) >= 11 is 0. The van der Waals surface area contributed by atoms with Crippen molar-refractivity contribution in [3.8, 4) is 6.07 Å². The summed E-state index contributed by atoms with van der Waals surface area (Å²) in [6, 6.07) is 1.56. The highest BCUT2D eigenvalue weighted by Crippen LogP contribution is 2.24. The first kappa shape index (κ1) is 15.5. The van der Waals surface area contributed by atoms with Crippen LogP contribution in [-0.2, 0) is 19.0 Å². The minimum absolute atomic E-state index is 0.0617. The smallest absolute Gasteiger partial charge is 0.410 e. The van der Waals surface area contributed by atoms with Crippen LogP contribution in [0.3, 0.4) is 0 Å². The predicted molar refractivity (Wildman–Crippen MR) is 66.6 cm³/mol. The van der Waals surface area contributed by atoms with Crippen LogP contribution in [0, 0.1) is 11.3 Å². The molecule has 0 aromatic heterocycles. The molecule has 1 saturated heterocycles. The van der Waals surface area contributed by atoms with E-state index in [0.29, 0.717) is 6.42 Å². The van der Waals surface area contributed by atoms with Crippen LogP contribution in [0.5, 0.6) is 0 Å². The van der Waals surface area contributed by atoms with Crippen molar-refractivity contribution < 1.29 is 22.1 Å². The molecule has 19 heavy (non-hydrogen) atoms. The highest BCUT2D eigenvalue weighted by atomic mass is 32.2. The van der Waals surface area contributed by atoms with Crippen molar-refractivity contribution in [1.29, 1.82) is 5.26 Å². The summed E-state index contributed by atoms with van der Waals surface area (Å²) in [5.41, 5.74) is 0. The van der Waals surface area contributed by atoms with E-state index in [4.69, 9.17) is 14.2 Å². The van der Waals surface area contributed by atoms with Gasteiger partial charge in [0.2, 0.25) is 0 Å². The molecule has 1 heterocycles. The van der Waals surface area contributed by atoms with E-state index in [9.17, 15) is 13.2 Å². The summed E-state index contributed by atoms with van der Waals surface area (Å²) in [5, 5.41) is 8.72. The predicted octanol–water partition coefficient (Wildman–Crippen LogP) is 0.642. The molecule has 1 fully saturated rings. The van der Waals surface area contributed by atoms with Gasteiger partial charge in [0.05, 0.1) is 37.4 Å². The molecule has 0 saturated carbocycles. The van der Waals surface area contributed by atoms with Crippen molar-refractivity contribution in [1.82, 2.24) is 4.90 Å². The molecule has 0 aliphatic carbocycles. The molecule has 1 aliphatic heterocycles. The second-order valence-corrected chi connectivity index (χ2v) is 5.79. The fraction of sp³-hybridized carbons (Fsp3) is 0.636. The molecule has 1 amide bonds. The van der Waals surface area contributed by atoms with Crippen LogP contribution in [0.2, 0.25) is 0 Å². The normalized spacial score (nSPS) is 22.8. The Kier molecular flexibility index (Phi) is 5.32. The summed E-state index contributed by atoms with van der Waals surface area (Å²) in [6.07, 6.45) is 1.55. The molecule has 0 aromatic carbocycles. The Morgan fingerprint density at radius 2 is 2.32 bits per heavy atom. The van der Waals surface area contributed by atoms with E-state index >= 15 is 0 Å². The number of hydrogen-bond acceptors (Lipinski definition) is 6. The number of rotatable bonds is 5. The lowest BCUT2D eigenvalue weighted by molar-refractivity contribution is 0.105. The van der Waals surface area contributed by atoms with Crippen molar-refractivity contribution in [3.63, 3.8) is 0 Å². The first-order chi connectivity index (χ1) is 8.87. The quantitative estimate of drug-likeness (QED) is 0.544. The summed E-state index contributed by atoms with van der Waals surface area (Å²) in [5.74, 6) is 0. The molecule has 106 valence electrons. The SMILES string of the molecule is C=CCOC(=O)N1CC(OS(C)(=O)=O)CC1CC#N. The van der Waals surface area contributed by atoms with Crippen LogP contribution in [0.1, 0.15) is 12.8 Å². The van der Waals surface area contributed by atoms with E-state index < -0.39 is 28.4 Å². The Labute approximate surface area is 112 Å².